The predicted molar refractivity (Wildman–Crippen MR) is 77.3 cm³/mol. The molecule has 0 aliphatic carbocycles. The lowest BCUT2D eigenvalue weighted by Crippen LogP contribution is -2.12. The fourth-order valence-corrected chi connectivity index (χ4v) is 2.53. The molecule has 104 valence electrons. The third kappa shape index (κ3) is 2.49. The van der Waals surface area contributed by atoms with Crippen molar-refractivity contribution in [3.8, 4) is 11.5 Å². The summed E-state index contributed by atoms with van der Waals surface area (Å²) in [6.07, 6.45) is 0. The van der Waals surface area contributed by atoms with E-state index in [1.54, 1.807) is 0 Å². The average molecular weight is 270 g/mol. The highest BCUT2D eigenvalue weighted by molar-refractivity contribution is 5.40. The molecule has 1 aliphatic rings. The van der Waals surface area contributed by atoms with Gasteiger partial charge in [-0.25, -0.2) is 0 Å². The van der Waals surface area contributed by atoms with Crippen molar-refractivity contribution in [2.24, 2.45) is 0 Å². The van der Waals surface area contributed by atoms with E-state index in [0.29, 0.717) is 13.2 Å². The Labute approximate surface area is 118 Å². The maximum absolute atomic E-state index is 9.39. The average Bonchev–Trinajstić information content (AvgIpc) is 2.89. The van der Waals surface area contributed by atoms with Gasteiger partial charge in [-0.15, -0.1) is 0 Å². The second kappa shape index (κ2) is 5.55. The first kappa shape index (κ1) is 13.0. The molecular formula is C17H18O3. The largest absolute Gasteiger partial charge is 0.493 e. The predicted octanol–water partition coefficient (Wildman–Crippen LogP) is 3.04. The van der Waals surface area contributed by atoms with Crippen molar-refractivity contribution < 1.29 is 14.6 Å². The van der Waals surface area contributed by atoms with E-state index in [0.717, 1.165) is 22.6 Å². The van der Waals surface area contributed by atoms with Crippen LogP contribution >= 0.6 is 0 Å². The van der Waals surface area contributed by atoms with Crippen LogP contribution in [-0.4, -0.2) is 18.3 Å². The number of hydrogen-bond donors (Lipinski definition) is 1. The van der Waals surface area contributed by atoms with Crippen LogP contribution in [0.4, 0.5) is 0 Å². The third-order valence-corrected chi connectivity index (χ3v) is 3.63. The molecule has 1 aliphatic heterocycles. The van der Waals surface area contributed by atoms with Crippen molar-refractivity contribution in [3.05, 3.63) is 59.2 Å². The number of aliphatic hydroxyl groups excluding tert-OH is 1. The molecule has 1 atom stereocenters. The Bertz CT molecular complexity index is 607. The van der Waals surface area contributed by atoms with Gasteiger partial charge in [-0.05, 0) is 19.1 Å². The summed E-state index contributed by atoms with van der Waals surface area (Å²) >= 11 is 0. The van der Waals surface area contributed by atoms with Crippen LogP contribution < -0.4 is 9.47 Å². The van der Waals surface area contributed by atoms with Gasteiger partial charge in [0, 0.05) is 11.1 Å². The topological polar surface area (TPSA) is 38.7 Å². The first-order chi connectivity index (χ1) is 9.78. The van der Waals surface area contributed by atoms with Crippen LogP contribution in [0.5, 0.6) is 11.5 Å². The quantitative estimate of drug-likeness (QED) is 0.928. The maximum Gasteiger partial charge on any atom is 0.124 e. The minimum Gasteiger partial charge on any atom is -0.493 e. The zero-order valence-corrected chi connectivity index (χ0v) is 11.5. The van der Waals surface area contributed by atoms with Crippen molar-refractivity contribution in [2.75, 3.05) is 13.2 Å². The maximum atomic E-state index is 9.39. The summed E-state index contributed by atoms with van der Waals surface area (Å²) in [5.41, 5.74) is 3.15. The SMILES string of the molecule is Cc1ccc(OCC2COc3ccccc32)c(CO)c1. The number of para-hydroxylation sites is 1. The third-order valence-electron chi connectivity index (χ3n) is 3.63. The van der Waals surface area contributed by atoms with Gasteiger partial charge in [0.2, 0.25) is 0 Å². The highest BCUT2D eigenvalue weighted by Crippen LogP contribution is 2.34. The second-order valence-electron chi connectivity index (χ2n) is 5.13. The Hall–Kier alpha value is -2.00. The van der Waals surface area contributed by atoms with Gasteiger partial charge >= 0.3 is 0 Å². The van der Waals surface area contributed by atoms with Crippen molar-refractivity contribution >= 4 is 0 Å². The normalized spacial score (nSPS) is 16.6. The molecule has 2 aromatic rings. The van der Waals surface area contributed by atoms with Gasteiger partial charge in [-0.1, -0.05) is 35.9 Å². The summed E-state index contributed by atoms with van der Waals surface area (Å²) in [4.78, 5) is 0. The van der Waals surface area contributed by atoms with Crippen molar-refractivity contribution in [2.45, 2.75) is 19.4 Å². The zero-order chi connectivity index (χ0) is 13.9. The fraction of sp³-hybridized carbons (Fsp3) is 0.294. The van der Waals surface area contributed by atoms with Gasteiger partial charge in [0.05, 0.1) is 25.7 Å². The van der Waals surface area contributed by atoms with E-state index in [2.05, 4.69) is 6.07 Å². The van der Waals surface area contributed by atoms with E-state index in [1.165, 1.54) is 5.56 Å². The van der Waals surface area contributed by atoms with Crippen LogP contribution in [-0.2, 0) is 6.61 Å². The van der Waals surface area contributed by atoms with Crippen LogP contribution in [0.15, 0.2) is 42.5 Å². The van der Waals surface area contributed by atoms with Crippen molar-refractivity contribution in [1.29, 1.82) is 0 Å². The number of aliphatic hydroxyl groups is 1. The molecule has 3 heteroatoms. The summed E-state index contributed by atoms with van der Waals surface area (Å²) in [6.45, 7) is 3.21. The van der Waals surface area contributed by atoms with Gasteiger partial charge in [0.25, 0.3) is 0 Å². The Morgan fingerprint density at radius 3 is 2.95 bits per heavy atom. The molecule has 1 heterocycles. The van der Waals surface area contributed by atoms with Crippen LogP contribution in [0.1, 0.15) is 22.6 Å². The van der Waals surface area contributed by atoms with Crippen LogP contribution in [0.25, 0.3) is 0 Å². The molecule has 3 rings (SSSR count). The summed E-state index contributed by atoms with van der Waals surface area (Å²) in [7, 11) is 0. The van der Waals surface area contributed by atoms with Crippen LogP contribution in [0.3, 0.4) is 0 Å². The van der Waals surface area contributed by atoms with E-state index in [1.807, 2.05) is 43.3 Å². The molecule has 0 bridgehead atoms. The highest BCUT2D eigenvalue weighted by atomic mass is 16.5. The lowest BCUT2D eigenvalue weighted by atomic mass is 10.0. The van der Waals surface area contributed by atoms with E-state index in [9.17, 15) is 5.11 Å². The molecule has 1 N–H and O–H groups in total. The summed E-state index contributed by atoms with van der Waals surface area (Å²) in [5.74, 6) is 1.95. The number of rotatable bonds is 4. The number of hydrogen-bond acceptors (Lipinski definition) is 3. The molecule has 0 saturated heterocycles. The summed E-state index contributed by atoms with van der Waals surface area (Å²) in [5, 5.41) is 9.39. The molecule has 0 amide bonds. The molecule has 0 spiro atoms. The molecule has 3 nitrogen and oxygen atoms in total. The van der Waals surface area contributed by atoms with Gasteiger partial charge in [-0.3, -0.25) is 0 Å². The molecule has 0 aromatic heterocycles. The standard InChI is InChI=1S/C17H18O3/c1-12-6-7-16(13(8-12)9-18)19-10-14-11-20-17-5-3-2-4-15(14)17/h2-8,14,18H,9-11H2,1H3. The van der Waals surface area contributed by atoms with Gasteiger partial charge in [-0.2, -0.15) is 0 Å². The monoisotopic (exact) mass is 270 g/mol. The van der Waals surface area contributed by atoms with Crippen molar-refractivity contribution in [3.63, 3.8) is 0 Å². The number of ether oxygens (including phenoxy) is 2. The van der Waals surface area contributed by atoms with E-state index >= 15 is 0 Å². The smallest absolute Gasteiger partial charge is 0.124 e. The van der Waals surface area contributed by atoms with E-state index < -0.39 is 0 Å². The van der Waals surface area contributed by atoms with Crippen LogP contribution in [0.2, 0.25) is 0 Å². The molecule has 1 unspecified atom stereocenters. The molecule has 2 aromatic carbocycles. The lowest BCUT2D eigenvalue weighted by Gasteiger charge is -2.14. The van der Waals surface area contributed by atoms with Crippen molar-refractivity contribution in [1.82, 2.24) is 0 Å². The minimum absolute atomic E-state index is 0.00519. The Balaban J connectivity index is 1.72. The van der Waals surface area contributed by atoms with Gasteiger partial charge in [0.1, 0.15) is 11.5 Å². The van der Waals surface area contributed by atoms with Gasteiger partial charge in [0.15, 0.2) is 0 Å². The zero-order valence-electron chi connectivity index (χ0n) is 11.5. The Kier molecular flexibility index (Phi) is 3.61. The summed E-state index contributed by atoms with van der Waals surface area (Å²) in [6, 6.07) is 13.9. The fourth-order valence-electron chi connectivity index (χ4n) is 2.53. The highest BCUT2D eigenvalue weighted by Gasteiger charge is 2.24. The molecule has 20 heavy (non-hydrogen) atoms. The minimum atomic E-state index is -0.00519. The lowest BCUT2D eigenvalue weighted by molar-refractivity contribution is 0.235. The van der Waals surface area contributed by atoms with Gasteiger partial charge < -0.3 is 14.6 Å². The van der Waals surface area contributed by atoms with Crippen LogP contribution in [0, 0.1) is 6.92 Å². The Morgan fingerprint density at radius 2 is 2.10 bits per heavy atom. The second-order valence-corrected chi connectivity index (χ2v) is 5.13. The van der Waals surface area contributed by atoms with E-state index in [-0.39, 0.29) is 12.5 Å². The molecule has 0 fully saturated rings. The molecule has 0 radical (unpaired) electrons. The molecular weight excluding hydrogens is 252 g/mol. The first-order valence-corrected chi connectivity index (χ1v) is 6.83. The Morgan fingerprint density at radius 1 is 1.25 bits per heavy atom. The number of aryl methyl sites for hydroxylation is 1. The van der Waals surface area contributed by atoms with E-state index in [4.69, 9.17) is 9.47 Å². The number of fused-ring (bicyclic) bond motifs is 1. The molecule has 0 saturated carbocycles. The number of benzene rings is 2. The first-order valence-electron chi connectivity index (χ1n) is 6.83. The summed E-state index contributed by atoms with van der Waals surface area (Å²) < 4.78 is 11.5.